The molecule has 4 aliphatic carbocycles. The van der Waals surface area contributed by atoms with E-state index in [0.29, 0.717) is 11.1 Å². The standard InChI is InChI=1S/C30H41FN4O3/c31-23-6-7-24(22-18-35(29(38)27(22)23)25-8-9-26(36)34-28(25)37)32-10-4-2-1-3-5-11-33-30-15-19-12-20(16-30)14-21(13-19)17-30/h6-7,19-21,25,32-33H,1-5,8-18H2,(H,34,36,37). The molecule has 2 heterocycles. The van der Waals surface area contributed by atoms with Crippen LogP contribution in [0.2, 0.25) is 0 Å². The van der Waals surface area contributed by atoms with E-state index in [-0.39, 0.29) is 30.9 Å². The number of rotatable bonds is 11. The monoisotopic (exact) mass is 524 g/mol. The molecule has 7 rings (SSSR count). The van der Waals surface area contributed by atoms with E-state index in [9.17, 15) is 18.8 Å². The molecule has 7 nitrogen and oxygen atoms in total. The van der Waals surface area contributed by atoms with Crippen molar-refractivity contribution in [1.29, 1.82) is 0 Å². The third kappa shape index (κ3) is 5.08. The molecule has 1 saturated heterocycles. The number of anilines is 1. The molecule has 3 N–H and O–H groups in total. The van der Waals surface area contributed by atoms with Crippen LogP contribution >= 0.6 is 0 Å². The average Bonchev–Trinajstić information content (AvgIpc) is 3.21. The Morgan fingerprint density at radius 2 is 1.58 bits per heavy atom. The number of unbranched alkanes of at least 4 members (excludes halogenated alkanes) is 4. The fourth-order valence-electron chi connectivity index (χ4n) is 8.48. The van der Waals surface area contributed by atoms with Gasteiger partial charge in [0.25, 0.3) is 5.91 Å². The molecule has 1 unspecified atom stereocenters. The van der Waals surface area contributed by atoms with Crippen molar-refractivity contribution in [2.24, 2.45) is 17.8 Å². The molecule has 4 saturated carbocycles. The third-order valence-corrected chi connectivity index (χ3v) is 9.86. The molecule has 1 atom stereocenters. The molecule has 2 aliphatic heterocycles. The topological polar surface area (TPSA) is 90.5 Å². The Morgan fingerprint density at radius 1 is 0.921 bits per heavy atom. The number of hydrogen-bond donors (Lipinski definition) is 3. The van der Waals surface area contributed by atoms with Crippen molar-refractivity contribution in [3.63, 3.8) is 0 Å². The smallest absolute Gasteiger partial charge is 0.258 e. The first-order chi connectivity index (χ1) is 18.4. The highest BCUT2D eigenvalue weighted by Gasteiger charge is 2.50. The summed E-state index contributed by atoms with van der Waals surface area (Å²) in [6, 6.07) is 2.27. The van der Waals surface area contributed by atoms with Gasteiger partial charge in [0.15, 0.2) is 0 Å². The molecule has 1 aromatic carbocycles. The van der Waals surface area contributed by atoms with Gasteiger partial charge in [-0.25, -0.2) is 4.39 Å². The molecule has 1 aromatic rings. The number of nitrogens with zero attached hydrogens (tertiary/aromatic N) is 1. The lowest BCUT2D eigenvalue weighted by Crippen LogP contribution is -2.58. The predicted molar refractivity (Wildman–Crippen MR) is 143 cm³/mol. The molecule has 0 radical (unpaired) electrons. The second-order valence-electron chi connectivity index (χ2n) is 12.7. The normalized spacial score (nSPS) is 31.6. The number of halogens is 1. The van der Waals surface area contributed by atoms with Crippen LogP contribution in [-0.4, -0.2) is 47.3 Å². The average molecular weight is 525 g/mol. The second-order valence-corrected chi connectivity index (χ2v) is 12.7. The number of carbonyl (C=O) groups excluding carboxylic acids is 3. The van der Waals surface area contributed by atoms with Gasteiger partial charge in [-0.05, 0) is 94.2 Å². The molecule has 3 amide bonds. The maximum Gasteiger partial charge on any atom is 0.258 e. The Balaban J connectivity index is 0.917. The van der Waals surface area contributed by atoms with E-state index in [0.717, 1.165) is 49.4 Å². The minimum Gasteiger partial charge on any atom is -0.385 e. The summed E-state index contributed by atoms with van der Waals surface area (Å²) in [5, 5.41) is 9.69. The molecule has 0 aromatic heterocycles. The van der Waals surface area contributed by atoms with Gasteiger partial charge in [0, 0.05) is 36.3 Å². The summed E-state index contributed by atoms with van der Waals surface area (Å²) < 4.78 is 14.6. The highest BCUT2D eigenvalue weighted by atomic mass is 19.1. The van der Waals surface area contributed by atoms with E-state index >= 15 is 0 Å². The van der Waals surface area contributed by atoms with E-state index in [4.69, 9.17) is 0 Å². The Bertz CT molecular complexity index is 1070. The van der Waals surface area contributed by atoms with Gasteiger partial charge in [0.1, 0.15) is 11.9 Å². The van der Waals surface area contributed by atoms with Crippen LogP contribution in [0, 0.1) is 23.6 Å². The molecule has 8 heteroatoms. The quantitative estimate of drug-likeness (QED) is 0.293. The highest BCUT2D eigenvalue weighted by molar-refractivity contribution is 6.06. The SMILES string of the molecule is O=C1CCC(N2Cc3c(NCCCCCCCNC45CC6CC(CC(C6)C4)C5)ccc(F)c3C2=O)C(=O)N1. The molecule has 38 heavy (non-hydrogen) atoms. The number of amides is 3. The van der Waals surface area contributed by atoms with Crippen LogP contribution in [-0.2, 0) is 16.1 Å². The number of imide groups is 1. The van der Waals surface area contributed by atoms with Gasteiger partial charge in [-0.2, -0.15) is 0 Å². The van der Waals surface area contributed by atoms with Crippen molar-refractivity contribution < 1.29 is 18.8 Å². The Labute approximate surface area is 224 Å². The summed E-state index contributed by atoms with van der Waals surface area (Å²) in [4.78, 5) is 38.2. The number of piperidine rings is 1. The van der Waals surface area contributed by atoms with Crippen LogP contribution in [0.4, 0.5) is 10.1 Å². The lowest BCUT2D eigenvalue weighted by atomic mass is 9.53. The molecule has 5 fully saturated rings. The summed E-state index contributed by atoms with van der Waals surface area (Å²) in [5.41, 5.74) is 1.87. The molecule has 4 bridgehead atoms. The van der Waals surface area contributed by atoms with E-state index in [2.05, 4.69) is 16.0 Å². The first-order valence-electron chi connectivity index (χ1n) is 14.9. The summed E-state index contributed by atoms with van der Waals surface area (Å²) in [5.74, 6) is 1.12. The van der Waals surface area contributed by atoms with Gasteiger partial charge in [0.2, 0.25) is 11.8 Å². The zero-order valence-electron chi connectivity index (χ0n) is 22.3. The summed E-state index contributed by atoms with van der Waals surface area (Å²) >= 11 is 0. The zero-order valence-corrected chi connectivity index (χ0v) is 22.3. The van der Waals surface area contributed by atoms with Crippen LogP contribution in [0.5, 0.6) is 0 Å². The van der Waals surface area contributed by atoms with E-state index in [1.54, 1.807) is 6.07 Å². The molecule has 0 spiro atoms. The van der Waals surface area contributed by atoms with Crippen molar-refractivity contribution in [2.45, 2.75) is 102 Å². The van der Waals surface area contributed by atoms with Crippen LogP contribution in [0.1, 0.15) is 99.4 Å². The number of fused-ring (bicyclic) bond motifs is 1. The maximum absolute atomic E-state index is 14.6. The summed E-state index contributed by atoms with van der Waals surface area (Å²) in [6.07, 6.45) is 15.0. The van der Waals surface area contributed by atoms with Crippen LogP contribution < -0.4 is 16.0 Å². The lowest BCUT2D eigenvalue weighted by Gasteiger charge is -2.57. The van der Waals surface area contributed by atoms with E-state index in [1.165, 1.54) is 68.8 Å². The van der Waals surface area contributed by atoms with Crippen LogP contribution in [0.25, 0.3) is 0 Å². The second kappa shape index (κ2) is 10.6. The molecular weight excluding hydrogens is 483 g/mol. The van der Waals surface area contributed by atoms with E-state index in [1.807, 2.05) is 0 Å². The Morgan fingerprint density at radius 3 is 2.26 bits per heavy atom. The van der Waals surface area contributed by atoms with Gasteiger partial charge in [-0.1, -0.05) is 19.3 Å². The minimum atomic E-state index is -0.739. The predicted octanol–water partition coefficient (Wildman–Crippen LogP) is 4.51. The largest absolute Gasteiger partial charge is 0.385 e. The zero-order chi connectivity index (χ0) is 26.3. The fraction of sp³-hybridized carbons (Fsp3) is 0.700. The third-order valence-electron chi connectivity index (χ3n) is 9.86. The highest BCUT2D eigenvalue weighted by Crippen LogP contribution is 2.55. The van der Waals surface area contributed by atoms with Crippen molar-refractivity contribution >= 4 is 23.4 Å². The lowest BCUT2D eigenvalue weighted by molar-refractivity contribution is -0.136. The number of carbonyl (C=O) groups is 3. The van der Waals surface area contributed by atoms with Crippen molar-refractivity contribution in [1.82, 2.24) is 15.5 Å². The first-order valence-corrected chi connectivity index (χ1v) is 14.9. The summed E-state index contributed by atoms with van der Waals surface area (Å²) in [6.45, 7) is 2.08. The first kappa shape index (κ1) is 25.8. The van der Waals surface area contributed by atoms with Crippen LogP contribution in [0.15, 0.2) is 12.1 Å². The molecule has 6 aliphatic rings. The molecule has 206 valence electrons. The number of benzene rings is 1. The van der Waals surface area contributed by atoms with Gasteiger partial charge >= 0.3 is 0 Å². The summed E-state index contributed by atoms with van der Waals surface area (Å²) in [7, 11) is 0. The van der Waals surface area contributed by atoms with Crippen molar-refractivity contribution in [3.05, 3.63) is 29.1 Å². The Hall–Kier alpha value is -2.48. The van der Waals surface area contributed by atoms with Gasteiger partial charge in [0.05, 0.1) is 5.56 Å². The maximum atomic E-state index is 14.6. The fourth-order valence-corrected chi connectivity index (χ4v) is 8.48. The number of nitrogens with one attached hydrogen (secondary N) is 3. The van der Waals surface area contributed by atoms with Crippen molar-refractivity contribution in [2.75, 3.05) is 18.4 Å². The van der Waals surface area contributed by atoms with Gasteiger partial charge < -0.3 is 15.5 Å². The van der Waals surface area contributed by atoms with Gasteiger partial charge in [-0.3, -0.25) is 19.7 Å². The van der Waals surface area contributed by atoms with Crippen molar-refractivity contribution in [3.8, 4) is 0 Å². The Kier molecular flexibility index (Phi) is 7.18. The van der Waals surface area contributed by atoms with E-state index < -0.39 is 23.7 Å². The minimum absolute atomic E-state index is 0.0474. The van der Waals surface area contributed by atoms with Crippen LogP contribution in [0.3, 0.4) is 0 Å². The molecular formula is C30H41FN4O3. The van der Waals surface area contributed by atoms with Gasteiger partial charge in [-0.15, -0.1) is 0 Å². The number of hydrogen-bond acceptors (Lipinski definition) is 5.